The van der Waals surface area contributed by atoms with Gasteiger partial charge in [-0.3, -0.25) is 0 Å². The van der Waals surface area contributed by atoms with Crippen molar-refractivity contribution < 1.29 is 72.2 Å². The molecule has 4 heterocycles. The Morgan fingerprint density at radius 1 is 0.593 bits per heavy atom. The normalized spacial score (nSPS) is 11.7. The number of hydrogen-bond donors (Lipinski definition) is 2. The summed E-state index contributed by atoms with van der Waals surface area (Å²) in [6, 6.07) is 14.4. The molecule has 12 nitrogen and oxygen atoms in total. The van der Waals surface area contributed by atoms with Crippen molar-refractivity contribution in [2.75, 3.05) is 0 Å². The highest BCUT2D eigenvalue weighted by Crippen LogP contribution is 2.30. The van der Waals surface area contributed by atoms with E-state index < -0.39 is 55.3 Å². The molecule has 0 saturated carbocycles. The van der Waals surface area contributed by atoms with E-state index >= 15 is 0 Å². The van der Waals surface area contributed by atoms with Gasteiger partial charge in [0.05, 0.1) is 5.69 Å². The summed E-state index contributed by atoms with van der Waals surface area (Å²) in [5.74, 6) is -3.51. The molecule has 0 fully saturated rings. The lowest BCUT2D eigenvalue weighted by molar-refractivity contribution is -0.275. The second kappa shape index (κ2) is 17.1. The fraction of sp³-hybridized carbons (Fsp3) is 0.179. The summed E-state index contributed by atoms with van der Waals surface area (Å²) >= 11 is 5.44. The number of rotatable bonds is 4. The zero-order chi connectivity index (χ0) is 38.6. The van der Waals surface area contributed by atoms with Crippen molar-refractivity contribution in [3.8, 4) is 22.8 Å². The Morgan fingerprint density at radius 3 is 1.54 bits per heavy atom. The van der Waals surface area contributed by atoms with Crippen LogP contribution in [0.3, 0.4) is 0 Å². The average molecular weight is 808 g/mol. The van der Waals surface area contributed by atoms with Gasteiger partial charge in [-0.1, -0.05) is 43.3 Å². The molecule has 6 aromatic rings. The Bertz CT molecular complexity index is 2140. The van der Waals surface area contributed by atoms with Crippen LogP contribution >= 0.6 is 11.6 Å². The van der Waals surface area contributed by atoms with Gasteiger partial charge in [-0.25, -0.2) is 0 Å². The van der Waals surface area contributed by atoms with E-state index in [9.17, 15) is 52.7 Å². The number of aromatic nitrogens is 8. The third-order valence-corrected chi connectivity index (χ3v) is 5.95. The maximum absolute atomic E-state index is 12.8. The Labute approximate surface area is 299 Å². The topological polar surface area (TPSA) is 145 Å². The molecule has 0 aliphatic carbocycles. The molecule has 4 aromatic heterocycles. The SMILES string of the molecule is C.FC(F)(F)Oc1cccc(-c2ccc3nnc(C(F)(F)F)n3n2)c1.FC(F)(F)c1nnc2ccc(Cl)nn12.OB(O)c1cccc(OC(F)(F)F)c1.[CH3-]. The highest BCUT2D eigenvalue weighted by molar-refractivity contribution is 6.58. The summed E-state index contributed by atoms with van der Waals surface area (Å²) in [5, 5.41) is 37.1. The molecule has 2 aromatic carbocycles. The molecule has 0 aliphatic rings. The molecular weight excluding hydrogens is 787 g/mol. The molecule has 0 aliphatic heterocycles. The molecule has 0 atom stereocenters. The minimum atomic E-state index is -4.88. The molecular formula is C28H21BClF12N8O4-. The van der Waals surface area contributed by atoms with Crippen LogP contribution in [0.2, 0.25) is 5.15 Å². The van der Waals surface area contributed by atoms with Crippen molar-refractivity contribution >= 4 is 35.5 Å². The van der Waals surface area contributed by atoms with Crippen LogP contribution in [0.25, 0.3) is 22.6 Å². The first-order valence-corrected chi connectivity index (χ1v) is 13.7. The first-order chi connectivity index (χ1) is 24.0. The standard InChI is InChI=1S/C13H6F6N4O.C7H6BF3O3.C6H2ClF3N4.CH4.CH3/c14-12(15,16)11-21-20-10-5-4-9(22-23(10)11)7-2-1-3-8(6-7)24-13(17,18)19;9-7(10,11)14-6-3-1-2-5(4-6)8(12)13;7-3-1-2-4-11-12-5(6(8,9)10)14(4)13-3;;/h1-6H;1-4,12-13H;1-2H;1H4;1H3/q;;;;-1. The van der Waals surface area contributed by atoms with Gasteiger partial charge in [0, 0.05) is 5.56 Å². The van der Waals surface area contributed by atoms with E-state index in [1.165, 1.54) is 48.5 Å². The Hall–Kier alpha value is -5.43. The van der Waals surface area contributed by atoms with Crippen LogP contribution in [-0.4, -0.2) is 69.5 Å². The van der Waals surface area contributed by atoms with E-state index in [2.05, 4.69) is 40.1 Å². The smallest absolute Gasteiger partial charge is 0.423 e. The van der Waals surface area contributed by atoms with Gasteiger partial charge in [0.1, 0.15) is 16.7 Å². The van der Waals surface area contributed by atoms with Gasteiger partial charge >= 0.3 is 32.2 Å². The van der Waals surface area contributed by atoms with Crippen LogP contribution in [0.15, 0.2) is 72.8 Å². The molecule has 6 rings (SSSR count). The van der Waals surface area contributed by atoms with E-state index in [1.807, 2.05) is 0 Å². The third kappa shape index (κ3) is 12.3. The lowest BCUT2D eigenvalue weighted by Gasteiger charge is -2.10. The molecule has 0 unspecified atom stereocenters. The number of alkyl halides is 12. The van der Waals surface area contributed by atoms with Crippen LogP contribution in [-0.2, 0) is 12.4 Å². The summed E-state index contributed by atoms with van der Waals surface area (Å²) in [4.78, 5) is 0. The van der Waals surface area contributed by atoms with Gasteiger partial charge in [0.15, 0.2) is 11.3 Å². The predicted octanol–water partition coefficient (Wildman–Crippen LogP) is 6.86. The van der Waals surface area contributed by atoms with Crippen LogP contribution in [0.1, 0.15) is 19.1 Å². The van der Waals surface area contributed by atoms with Crippen molar-refractivity contribution in [1.29, 1.82) is 0 Å². The largest absolute Gasteiger partial charge is 0.573 e. The van der Waals surface area contributed by atoms with Crippen LogP contribution < -0.4 is 14.9 Å². The summed E-state index contributed by atoms with van der Waals surface area (Å²) in [6.45, 7) is 0. The molecule has 0 amide bonds. The fourth-order valence-electron chi connectivity index (χ4n) is 3.79. The van der Waals surface area contributed by atoms with Gasteiger partial charge in [-0.2, -0.15) is 45.6 Å². The van der Waals surface area contributed by atoms with E-state index in [-0.39, 0.29) is 48.0 Å². The monoisotopic (exact) mass is 807 g/mol. The van der Waals surface area contributed by atoms with Crippen molar-refractivity contribution in [3.63, 3.8) is 0 Å². The van der Waals surface area contributed by atoms with Crippen molar-refractivity contribution in [1.82, 2.24) is 39.6 Å². The lowest BCUT2D eigenvalue weighted by Crippen LogP contribution is -2.30. The maximum Gasteiger partial charge on any atom is 0.573 e. The van der Waals surface area contributed by atoms with E-state index in [0.29, 0.717) is 9.03 Å². The van der Waals surface area contributed by atoms with Crippen LogP contribution in [0.4, 0.5) is 52.7 Å². The number of ether oxygens (including phenoxy) is 2. The zero-order valence-electron chi connectivity index (χ0n) is 25.7. The molecule has 26 heteroatoms. The van der Waals surface area contributed by atoms with E-state index in [0.717, 1.165) is 24.3 Å². The first-order valence-electron chi connectivity index (χ1n) is 13.3. The Kier molecular flexibility index (Phi) is 14.2. The van der Waals surface area contributed by atoms with Gasteiger partial charge in [0.2, 0.25) is 0 Å². The predicted molar refractivity (Wildman–Crippen MR) is 165 cm³/mol. The van der Waals surface area contributed by atoms with E-state index in [4.69, 9.17) is 21.6 Å². The van der Waals surface area contributed by atoms with Crippen molar-refractivity contribution in [2.45, 2.75) is 32.5 Å². The minimum Gasteiger partial charge on any atom is -0.423 e. The molecule has 0 spiro atoms. The van der Waals surface area contributed by atoms with Gasteiger partial charge in [-0.15, -0.1) is 46.7 Å². The second-order valence-corrected chi connectivity index (χ2v) is 9.91. The first kappa shape index (κ1) is 44.7. The minimum absolute atomic E-state index is 0. The Balaban J connectivity index is 0.000000292. The number of fused-ring (bicyclic) bond motifs is 2. The number of nitrogens with zero attached hydrogens (tertiary/aromatic N) is 8. The fourth-order valence-corrected chi connectivity index (χ4v) is 3.93. The highest BCUT2D eigenvalue weighted by atomic mass is 35.5. The number of hydrogen-bond acceptors (Lipinski definition) is 10. The van der Waals surface area contributed by atoms with Crippen molar-refractivity contribution in [3.05, 3.63) is 97.0 Å². The average Bonchev–Trinajstić information content (AvgIpc) is 3.64. The maximum atomic E-state index is 12.8. The summed E-state index contributed by atoms with van der Waals surface area (Å²) in [5.41, 5.74) is -0.0665. The van der Waals surface area contributed by atoms with Crippen molar-refractivity contribution in [2.24, 2.45) is 0 Å². The van der Waals surface area contributed by atoms with Gasteiger partial charge in [0.25, 0.3) is 11.6 Å². The lowest BCUT2D eigenvalue weighted by atomic mass is 9.80. The third-order valence-electron chi connectivity index (χ3n) is 5.75. The molecule has 292 valence electrons. The Morgan fingerprint density at radius 2 is 1.06 bits per heavy atom. The zero-order valence-corrected chi connectivity index (χ0v) is 26.5. The second-order valence-electron chi connectivity index (χ2n) is 9.53. The molecule has 2 N–H and O–H groups in total. The molecule has 0 saturated heterocycles. The summed E-state index contributed by atoms with van der Waals surface area (Å²) < 4.78 is 156. The highest BCUT2D eigenvalue weighted by Gasteiger charge is 2.39. The summed E-state index contributed by atoms with van der Waals surface area (Å²) in [7, 11) is -1.81. The molecule has 0 bridgehead atoms. The van der Waals surface area contributed by atoms with Crippen LogP contribution in [0, 0.1) is 7.43 Å². The molecule has 0 radical (unpaired) electrons. The number of benzene rings is 2. The molecule has 54 heavy (non-hydrogen) atoms. The van der Waals surface area contributed by atoms with Gasteiger partial charge in [-0.05, 0) is 54.0 Å². The number of halogens is 13. The van der Waals surface area contributed by atoms with Crippen LogP contribution in [0.5, 0.6) is 11.5 Å². The van der Waals surface area contributed by atoms with E-state index in [1.54, 1.807) is 0 Å². The quantitative estimate of drug-likeness (QED) is 0.110. The van der Waals surface area contributed by atoms with Gasteiger partial charge < -0.3 is 26.9 Å². The summed E-state index contributed by atoms with van der Waals surface area (Å²) in [6.07, 6.45) is -19.0.